The highest BCUT2D eigenvalue weighted by Crippen LogP contribution is 2.79. The second-order valence-electron chi connectivity index (χ2n) is 10.5. The number of rotatable bonds is 11. The quantitative estimate of drug-likeness (QED) is 0.0834. The van der Waals surface area contributed by atoms with Crippen LogP contribution in [0.4, 0.5) is 0 Å². The van der Waals surface area contributed by atoms with E-state index < -0.39 is 69.6 Å². The van der Waals surface area contributed by atoms with E-state index in [0.717, 1.165) is 26.8 Å². The number of ether oxygens (including phenoxy) is 1. The zero-order valence-corrected chi connectivity index (χ0v) is 28.8. The fourth-order valence-corrected chi connectivity index (χ4v) is 9.10. The first-order chi connectivity index (χ1) is 21.1. The summed E-state index contributed by atoms with van der Waals surface area (Å²) in [5.74, 6) is -0.491. The Hall–Kier alpha value is -1.55. The molecule has 1 aliphatic heterocycles. The van der Waals surface area contributed by atoms with Gasteiger partial charge in [0, 0.05) is 17.7 Å². The Balaban J connectivity index is 1.63. The molecule has 0 bridgehead atoms. The van der Waals surface area contributed by atoms with Crippen LogP contribution in [0.5, 0.6) is 0 Å². The number of benzene rings is 2. The highest BCUT2D eigenvalue weighted by Gasteiger charge is 2.62. The molecule has 0 radical (unpaired) electrons. The van der Waals surface area contributed by atoms with Crippen molar-refractivity contribution in [2.75, 3.05) is 6.61 Å². The lowest BCUT2D eigenvalue weighted by Gasteiger charge is -2.26. The topological polar surface area (TPSA) is 238 Å². The number of aromatic amines is 1. The Bertz CT molecular complexity index is 1800. The first-order valence-corrected chi connectivity index (χ1v) is 19.0. The van der Waals surface area contributed by atoms with Crippen molar-refractivity contribution in [2.24, 2.45) is 0 Å². The smallest absolute Gasteiger partial charge is 0.387 e. The molecular formula is C25H29Cl2N2O13P3S. The first-order valence-electron chi connectivity index (χ1n) is 13.1. The molecule has 1 saturated heterocycles. The summed E-state index contributed by atoms with van der Waals surface area (Å²) in [4.78, 5) is 53.6. The molecule has 1 fully saturated rings. The summed E-state index contributed by atoms with van der Waals surface area (Å²) in [6.07, 6.45) is -5.51. The predicted octanol–water partition coefficient (Wildman–Crippen LogP) is 3.91. The van der Waals surface area contributed by atoms with E-state index >= 15 is 0 Å². The minimum atomic E-state index is -5.95. The Morgan fingerprint density at radius 2 is 1.46 bits per heavy atom. The summed E-state index contributed by atoms with van der Waals surface area (Å²) in [7, 11) is -17.4. The van der Waals surface area contributed by atoms with Crippen LogP contribution in [-0.2, 0) is 27.3 Å². The Kier molecular flexibility index (Phi) is 11.1. The molecule has 0 spiro atoms. The van der Waals surface area contributed by atoms with Crippen LogP contribution in [0.1, 0.15) is 40.0 Å². The average Bonchev–Trinajstić information content (AvgIpc) is 3.22. The van der Waals surface area contributed by atoms with Crippen LogP contribution in [0.25, 0.3) is 0 Å². The third-order valence-electron chi connectivity index (χ3n) is 7.05. The lowest BCUT2D eigenvalue weighted by atomic mass is 9.86. The summed E-state index contributed by atoms with van der Waals surface area (Å²) in [5, 5.41) is 21.4. The molecule has 2 aromatic carbocycles. The highest BCUT2D eigenvalue weighted by atomic mass is 35.5. The van der Waals surface area contributed by atoms with E-state index in [0.29, 0.717) is 5.56 Å². The molecule has 2 unspecified atom stereocenters. The number of nitrogens with one attached hydrogen (secondary N) is 1. The molecule has 0 amide bonds. The number of halogens is 2. The van der Waals surface area contributed by atoms with E-state index in [1.807, 2.05) is 62.4 Å². The minimum absolute atomic E-state index is 0.0945. The van der Waals surface area contributed by atoms with Gasteiger partial charge in [-0.2, -0.15) is 0 Å². The monoisotopic (exact) mass is 760 g/mol. The van der Waals surface area contributed by atoms with Crippen molar-refractivity contribution < 1.29 is 57.1 Å². The van der Waals surface area contributed by atoms with Crippen molar-refractivity contribution in [3.8, 4) is 0 Å². The number of aromatic nitrogens is 2. The third kappa shape index (κ3) is 7.84. The van der Waals surface area contributed by atoms with Crippen molar-refractivity contribution in [1.29, 1.82) is 0 Å². The Labute approximate surface area is 276 Å². The van der Waals surface area contributed by atoms with Crippen LogP contribution in [-0.4, -0.2) is 68.1 Å². The van der Waals surface area contributed by atoms with Gasteiger partial charge >= 0.3 is 32.5 Å². The lowest BCUT2D eigenvalue weighted by molar-refractivity contribution is -0.0542. The van der Waals surface area contributed by atoms with Gasteiger partial charge in [-0.25, -0.2) is 13.7 Å². The number of phosphoric ester groups is 1. The molecule has 7 N–H and O–H groups in total. The average molecular weight is 761 g/mol. The molecule has 0 aliphatic carbocycles. The molecule has 21 heteroatoms. The number of hydrogen-bond donors (Lipinski definition) is 7. The molecule has 15 nitrogen and oxygen atoms in total. The maximum atomic E-state index is 13.1. The van der Waals surface area contributed by atoms with Gasteiger partial charge in [0.05, 0.1) is 6.61 Å². The van der Waals surface area contributed by atoms with E-state index in [4.69, 9.17) is 49.9 Å². The molecule has 2 heterocycles. The largest absolute Gasteiger partial charge is 0.479 e. The molecule has 1 aliphatic rings. The molecule has 4 rings (SSSR count). The molecule has 252 valence electrons. The zero-order chi connectivity index (χ0) is 34.4. The summed E-state index contributed by atoms with van der Waals surface area (Å²) in [5.41, 5.74) is 3.29. The van der Waals surface area contributed by atoms with Gasteiger partial charge in [0.1, 0.15) is 23.0 Å². The van der Waals surface area contributed by atoms with Crippen LogP contribution >= 0.6 is 58.4 Å². The highest BCUT2D eigenvalue weighted by molar-refractivity contribution is 7.81. The van der Waals surface area contributed by atoms with Gasteiger partial charge in [0.2, 0.25) is 0 Å². The van der Waals surface area contributed by atoms with Gasteiger partial charge in [-0.1, -0.05) is 95.1 Å². The van der Waals surface area contributed by atoms with Gasteiger partial charge in [-0.05, 0) is 25.0 Å². The number of aliphatic hydroxyl groups excluding tert-OH is 2. The van der Waals surface area contributed by atoms with E-state index in [1.165, 1.54) is 6.20 Å². The lowest BCUT2D eigenvalue weighted by Crippen LogP contribution is -2.36. The molecule has 46 heavy (non-hydrogen) atoms. The second kappa shape index (κ2) is 13.8. The van der Waals surface area contributed by atoms with Crippen molar-refractivity contribution in [2.45, 2.75) is 48.1 Å². The minimum Gasteiger partial charge on any atom is -0.387 e. The van der Waals surface area contributed by atoms with Crippen LogP contribution in [0.2, 0.25) is 0 Å². The number of aryl methyl sites for hydroxylation is 2. The van der Waals surface area contributed by atoms with E-state index in [9.17, 15) is 38.5 Å². The predicted molar refractivity (Wildman–Crippen MR) is 168 cm³/mol. The number of nitrogens with zero attached hydrogens (tertiary/aromatic N) is 1. The molecule has 3 aromatic rings. The van der Waals surface area contributed by atoms with Gasteiger partial charge < -0.3 is 34.5 Å². The SMILES string of the molecule is Cc1ccc(C(c2ccc(C)cc2)c2cn([C@@H]3O[C@H](COP(=O)(O)OP(=O)(O)C(Cl)(Cl)P(=O)(O)O)[C@@H](O)[C@H]3O)c(=O)[nH]c2=S)cc1. The number of hydrogen-bond acceptors (Lipinski definition) is 10. The van der Waals surface area contributed by atoms with Gasteiger partial charge in [-0.15, -0.1) is 0 Å². The van der Waals surface area contributed by atoms with E-state index in [1.54, 1.807) is 0 Å². The van der Waals surface area contributed by atoms with Gasteiger partial charge in [0.15, 0.2) is 6.23 Å². The van der Waals surface area contributed by atoms with Crippen LogP contribution in [0.3, 0.4) is 0 Å². The van der Waals surface area contributed by atoms with Crippen LogP contribution < -0.4 is 5.69 Å². The first kappa shape index (κ1) is 37.3. The number of alkyl halides is 2. The van der Waals surface area contributed by atoms with Crippen molar-refractivity contribution in [1.82, 2.24) is 9.55 Å². The fourth-order valence-electron chi connectivity index (χ4n) is 4.61. The van der Waals surface area contributed by atoms with Crippen molar-refractivity contribution in [3.05, 3.63) is 97.7 Å². The summed E-state index contributed by atoms with van der Waals surface area (Å²) >= 11 is 16.0. The second-order valence-corrected chi connectivity index (χ2v) is 18.9. The van der Waals surface area contributed by atoms with E-state index in [-0.39, 0.29) is 4.64 Å². The summed E-state index contributed by atoms with van der Waals surface area (Å²) < 4.78 is 47.4. The van der Waals surface area contributed by atoms with E-state index in [2.05, 4.69) is 13.8 Å². The number of H-pyrrole nitrogens is 1. The molecule has 1 aromatic heterocycles. The Morgan fingerprint density at radius 3 is 1.93 bits per heavy atom. The standard InChI is InChI=1S/C25H29Cl2N2O13P3S/c1-13-3-7-15(8-4-13)19(16-9-5-14(2)6-10-16)17-11-29(24(32)28-22(17)46)23-21(31)20(30)18(41-23)12-40-45(38,39)42-44(36,37)25(26,27)43(33,34)35/h3-11,18-21,23,30-31H,12H2,1-2H3,(H,36,37)(H,38,39)(H,28,32,46)(H2,33,34,35)/t18-,20-,21-,23-/m1/s1. The summed E-state index contributed by atoms with van der Waals surface area (Å²) in [6.45, 7) is 2.77. The van der Waals surface area contributed by atoms with Gasteiger partial charge in [-0.3, -0.25) is 23.2 Å². The molecule has 0 saturated carbocycles. The zero-order valence-electron chi connectivity index (χ0n) is 23.8. The molecular weight excluding hydrogens is 732 g/mol. The normalized spacial score (nSPS) is 23.3. The van der Waals surface area contributed by atoms with Gasteiger partial charge in [0.25, 0.3) is 0 Å². The maximum absolute atomic E-state index is 13.1. The number of aliphatic hydroxyl groups is 2. The van der Waals surface area contributed by atoms with Crippen molar-refractivity contribution in [3.63, 3.8) is 0 Å². The summed E-state index contributed by atoms with van der Waals surface area (Å²) in [6, 6.07) is 15.3. The molecule has 6 atom stereocenters. The van der Waals surface area contributed by atoms with Crippen molar-refractivity contribution >= 4 is 58.4 Å². The maximum Gasteiger partial charge on any atom is 0.479 e. The number of phosphoric acid groups is 1. The fraction of sp³-hybridized carbons (Fsp3) is 0.360. The Morgan fingerprint density at radius 1 is 0.957 bits per heavy atom. The van der Waals surface area contributed by atoms with Crippen LogP contribution in [0, 0.1) is 18.5 Å². The van der Waals surface area contributed by atoms with Crippen LogP contribution in [0.15, 0.2) is 59.5 Å². The third-order valence-corrected chi connectivity index (χ3v) is 15.1.